The molecule has 0 radical (unpaired) electrons. The largest absolute Gasteiger partial charge is 0.480 e. The lowest BCUT2D eigenvalue weighted by atomic mass is 10.1. The van der Waals surface area contributed by atoms with Gasteiger partial charge in [0, 0.05) is 31.9 Å². The SMILES string of the molecule is COc1nc2ccccc2cc1C(=O)COC(=O)CCCC(CN(C)C(=O)OC(C)(C)C)N(Cc1ccccc1)C(=O)OCc1ccccc1. The van der Waals surface area contributed by atoms with E-state index < -0.39 is 42.2 Å². The number of rotatable bonds is 15. The fraction of sp³-hybridized carbons (Fsp3) is 0.359. The van der Waals surface area contributed by atoms with E-state index >= 15 is 0 Å². The number of nitrogens with zero attached hydrogens (tertiary/aromatic N) is 3. The second-order valence-corrected chi connectivity index (χ2v) is 12.9. The van der Waals surface area contributed by atoms with Gasteiger partial charge in [0.25, 0.3) is 0 Å². The van der Waals surface area contributed by atoms with Crippen LogP contribution in [0, 0.1) is 0 Å². The molecule has 1 unspecified atom stereocenters. The molecule has 0 fully saturated rings. The van der Waals surface area contributed by atoms with Crippen molar-refractivity contribution in [2.75, 3.05) is 27.3 Å². The minimum atomic E-state index is -0.715. The molecule has 1 aromatic heterocycles. The average Bonchev–Trinajstić information content (AvgIpc) is 3.11. The third-order valence-electron chi connectivity index (χ3n) is 7.73. The summed E-state index contributed by atoms with van der Waals surface area (Å²) in [6.07, 6.45) is -0.502. The summed E-state index contributed by atoms with van der Waals surface area (Å²) < 4.78 is 22.0. The van der Waals surface area contributed by atoms with Gasteiger partial charge < -0.3 is 23.8 Å². The number of fused-ring (bicyclic) bond motifs is 1. The number of ether oxygens (including phenoxy) is 4. The highest BCUT2D eigenvalue weighted by Crippen LogP contribution is 2.23. The van der Waals surface area contributed by atoms with Gasteiger partial charge in [-0.05, 0) is 56.9 Å². The van der Waals surface area contributed by atoms with Crippen molar-refractivity contribution in [3.63, 3.8) is 0 Å². The lowest BCUT2D eigenvalue weighted by molar-refractivity contribution is -0.142. The van der Waals surface area contributed by atoms with Crippen LogP contribution in [-0.2, 0) is 32.2 Å². The molecule has 0 N–H and O–H groups in total. The van der Waals surface area contributed by atoms with Crippen molar-refractivity contribution in [3.05, 3.63) is 108 Å². The Labute approximate surface area is 293 Å². The predicted octanol–water partition coefficient (Wildman–Crippen LogP) is 7.21. The minimum absolute atomic E-state index is 0.0225. The fourth-order valence-corrected chi connectivity index (χ4v) is 5.23. The van der Waals surface area contributed by atoms with Gasteiger partial charge in [0.2, 0.25) is 11.7 Å². The Balaban J connectivity index is 1.46. The van der Waals surface area contributed by atoms with E-state index in [-0.39, 0.29) is 37.6 Å². The number of hydrogen-bond donors (Lipinski definition) is 0. The van der Waals surface area contributed by atoms with Crippen molar-refractivity contribution in [1.82, 2.24) is 14.8 Å². The lowest BCUT2D eigenvalue weighted by Crippen LogP contribution is -2.48. The summed E-state index contributed by atoms with van der Waals surface area (Å²) in [6, 6.07) is 27.2. The molecule has 2 amide bonds. The summed E-state index contributed by atoms with van der Waals surface area (Å²) in [5.74, 6) is -0.869. The predicted molar refractivity (Wildman–Crippen MR) is 189 cm³/mol. The lowest BCUT2D eigenvalue weighted by Gasteiger charge is -2.34. The summed E-state index contributed by atoms with van der Waals surface area (Å²) in [7, 11) is 3.03. The first-order chi connectivity index (χ1) is 23.9. The maximum atomic E-state index is 13.7. The average molecular weight is 684 g/mol. The zero-order valence-electron chi connectivity index (χ0n) is 29.3. The molecule has 50 heavy (non-hydrogen) atoms. The maximum absolute atomic E-state index is 13.7. The van der Waals surface area contributed by atoms with Crippen molar-refractivity contribution in [2.24, 2.45) is 0 Å². The highest BCUT2D eigenvalue weighted by molar-refractivity contribution is 6.02. The summed E-state index contributed by atoms with van der Waals surface area (Å²) in [6.45, 7) is 5.25. The normalized spacial score (nSPS) is 11.7. The van der Waals surface area contributed by atoms with E-state index in [2.05, 4.69) is 4.98 Å². The quantitative estimate of drug-likeness (QED) is 0.0726. The number of esters is 1. The van der Waals surface area contributed by atoms with E-state index in [1.807, 2.05) is 84.9 Å². The molecule has 0 spiro atoms. The number of ketones is 1. The second-order valence-electron chi connectivity index (χ2n) is 12.9. The Morgan fingerprint density at radius 2 is 1.46 bits per heavy atom. The van der Waals surface area contributed by atoms with Gasteiger partial charge in [0.05, 0.1) is 24.2 Å². The molecular formula is C39H45N3O8. The number of Topliss-reactive ketones (excluding diaryl/α,β-unsaturated/α-hetero) is 1. The van der Waals surface area contributed by atoms with Crippen LogP contribution in [0.5, 0.6) is 5.88 Å². The summed E-state index contributed by atoms with van der Waals surface area (Å²) >= 11 is 0. The molecule has 0 saturated carbocycles. The van der Waals surface area contributed by atoms with Gasteiger partial charge in [-0.3, -0.25) is 14.5 Å². The molecule has 0 aliphatic rings. The third kappa shape index (κ3) is 11.3. The topological polar surface area (TPSA) is 125 Å². The first-order valence-electron chi connectivity index (χ1n) is 16.5. The third-order valence-corrected chi connectivity index (χ3v) is 7.73. The van der Waals surface area contributed by atoms with Crippen molar-refractivity contribution in [2.45, 2.75) is 64.8 Å². The van der Waals surface area contributed by atoms with Crippen LogP contribution in [0.2, 0.25) is 0 Å². The van der Waals surface area contributed by atoms with Crippen LogP contribution in [0.25, 0.3) is 10.9 Å². The molecule has 0 aliphatic carbocycles. The molecular weight excluding hydrogens is 638 g/mol. The molecule has 11 nitrogen and oxygen atoms in total. The zero-order chi connectivity index (χ0) is 36.1. The number of aromatic nitrogens is 1. The number of pyridine rings is 1. The molecule has 0 aliphatic heterocycles. The van der Waals surface area contributed by atoms with Gasteiger partial charge in [-0.25, -0.2) is 14.6 Å². The fourth-order valence-electron chi connectivity index (χ4n) is 5.23. The molecule has 4 rings (SSSR count). The van der Waals surface area contributed by atoms with E-state index in [1.54, 1.807) is 38.8 Å². The zero-order valence-corrected chi connectivity index (χ0v) is 29.3. The standard InChI is InChI=1S/C39H45N3O8/c1-39(2,3)50-37(45)41(4)25-31(42(24-28-15-8-6-9-16-28)38(46)49-26-29-17-10-7-11-18-29)20-14-22-35(44)48-27-34(43)32-23-30-19-12-13-21-33(30)40-36(32)47-5/h6-13,15-19,21,23,31H,14,20,22,24-27H2,1-5H3. The minimum Gasteiger partial charge on any atom is -0.480 e. The number of benzene rings is 3. The highest BCUT2D eigenvalue weighted by Gasteiger charge is 2.30. The van der Waals surface area contributed by atoms with Crippen LogP contribution in [0.3, 0.4) is 0 Å². The second kappa shape index (κ2) is 17.8. The summed E-state index contributed by atoms with van der Waals surface area (Å²) in [5, 5.41) is 0.757. The van der Waals surface area contributed by atoms with Gasteiger partial charge in [0.15, 0.2) is 6.61 Å². The van der Waals surface area contributed by atoms with E-state index in [1.165, 1.54) is 12.0 Å². The van der Waals surface area contributed by atoms with Crippen molar-refractivity contribution < 1.29 is 38.1 Å². The summed E-state index contributed by atoms with van der Waals surface area (Å²) in [4.78, 5) is 60.0. The van der Waals surface area contributed by atoms with Crippen LogP contribution in [0.1, 0.15) is 61.5 Å². The molecule has 264 valence electrons. The number of carbonyl (C=O) groups is 4. The Bertz CT molecular complexity index is 1740. The molecule has 11 heteroatoms. The Hall–Kier alpha value is -5.45. The first-order valence-corrected chi connectivity index (χ1v) is 16.5. The van der Waals surface area contributed by atoms with Crippen LogP contribution in [-0.4, -0.2) is 77.7 Å². The smallest absolute Gasteiger partial charge is 0.410 e. The van der Waals surface area contributed by atoms with Crippen molar-refractivity contribution in [1.29, 1.82) is 0 Å². The van der Waals surface area contributed by atoms with Gasteiger partial charge in [-0.2, -0.15) is 0 Å². The maximum Gasteiger partial charge on any atom is 0.410 e. The van der Waals surface area contributed by atoms with E-state index in [9.17, 15) is 19.2 Å². The van der Waals surface area contributed by atoms with Crippen LogP contribution in [0.15, 0.2) is 91.0 Å². The molecule has 0 saturated heterocycles. The number of carbonyl (C=O) groups excluding carboxylic acids is 4. The highest BCUT2D eigenvalue weighted by atomic mass is 16.6. The number of para-hydroxylation sites is 1. The van der Waals surface area contributed by atoms with Gasteiger partial charge >= 0.3 is 18.2 Å². The Morgan fingerprint density at radius 1 is 0.820 bits per heavy atom. The van der Waals surface area contributed by atoms with Crippen molar-refractivity contribution in [3.8, 4) is 5.88 Å². The number of hydrogen-bond acceptors (Lipinski definition) is 9. The monoisotopic (exact) mass is 683 g/mol. The van der Waals surface area contributed by atoms with E-state index in [4.69, 9.17) is 18.9 Å². The van der Waals surface area contributed by atoms with Gasteiger partial charge in [-0.1, -0.05) is 78.9 Å². The van der Waals surface area contributed by atoms with E-state index in [0.29, 0.717) is 18.4 Å². The number of methoxy groups -OCH3 is 1. The molecule has 1 atom stereocenters. The first kappa shape index (κ1) is 37.4. The molecule has 4 aromatic rings. The molecule has 3 aromatic carbocycles. The van der Waals surface area contributed by atoms with Crippen LogP contribution < -0.4 is 4.74 Å². The molecule has 1 heterocycles. The summed E-state index contributed by atoms with van der Waals surface area (Å²) in [5.41, 5.74) is 1.88. The van der Waals surface area contributed by atoms with E-state index in [0.717, 1.165) is 16.5 Å². The van der Waals surface area contributed by atoms with Gasteiger partial charge in [0.1, 0.15) is 12.2 Å². The van der Waals surface area contributed by atoms with Crippen molar-refractivity contribution >= 4 is 34.8 Å². The van der Waals surface area contributed by atoms with Crippen LogP contribution in [0.4, 0.5) is 9.59 Å². The Morgan fingerprint density at radius 3 is 2.12 bits per heavy atom. The Kier molecular flexibility index (Phi) is 13.3. The number of likely N-dealkylation sites (N-methyl/N-ethyl adjacent to an activating group) is 1. The van der Waals surface area contributed by atoms with Gasteiger partial charge in [-0.15, -0.1) is 0 Å². The molecule has 0 bridgehead atoms. The number of amides is 2. The van der Waals surface area contributed by atoms with Crippen LogP contribution >= 0.6 is 0 Å².